The van der Waals surface area contributed by atoms with Gasteiger partial charge in [0.15, 0.2) is 0 Å². The first-order valence-corrected chi connectivity index (χ1v) is 7.71. The molecular formula is C17H19N3O4. The summed E-state index contributed by atoms with van der Waals surface area (Å²) < 4.78 is 10.9. The lowest BCUT2D eigenvalue weighted by molar-refractivity contribution is 0.0762. The first-order valence-electron chi connectivity index (χ1n) is 7.71. The van der Waals surface area contributed by atoms with Gasteiger partial charge in [-0.1, -0.05) is 0 Å². The molecule has 0 spiro atoms. The summed E-state index contributed by atoms with van der Waals surface area (Å²) in [6.07, 6.45) is 5.00. The van der Waals surface area contributed by atoms with Crippen molar-refractivity contribution in [2.75, 3.05) is 27.2 Å². The van der Waals surface area contributed by atoms with Crippen molar-refractivity contribution in [3.05, 3.63) is 48.0 Å². The number of furan rings is 1. The predicted octanol–water partition coefficient (Wildman–Crippen LogP) is 1.67. The molecule has 7 nitrogen and oxygen atoms in total. The lowest BCUT2D eigenvalue weighted by atomic mass is 10.2. The SMILES string of the molecule is CN(C)C(=O)c1cccnc1OC1CCN(C(=O)c2ccoc2)C1. The minimum atomic E-state index is -0.190. The van der Waals surface area contributed by atoms with E-state index in [1.165, 1.54) is 17.4 Å². The van der Waals surface area contributed by atoms with Crippen LogP contribution >= 0.6 is 0 Å². The molecule has 0 aliphatic carbocycles. The maximum absolute atomic E-state index is 12.3. The van der Waals surface area contributed by atoms with Crippen LogP contribution in [-0.4, -0.2) is 59.9 Å². The Hall–Kier alpha value is -2.83. The number of hydrogen-bond donors (Lipinski definition) is 0. The molecule has 3 heterocycles. The number of hydrogen-bond acceptors (Lipinski definition) is 5. The second-order valence-corrected chi connectivity index (χ2v) is 5.85. The Kier molecular flexibility index (Phi) is 4.50. The van der Waals surface area contributed by atoms with Crippen molar-refractivity contribution in [1.29, 1.82) is 0 Å². The molecule has 0 radical (unpaired) electrons. The van der Waals surface area contributed by atoms with Gasteiger partial charge in [-0.2, -0.15) is 0 Å². The van der Waals surface area contributed by atoms with Gasteiger partial charge in [-0.3, -0.25) is 9.59 Å². The van der Waals surface area contributed by atoms with Crippen molar-refractivity contribution >= 4 is 11.8 Å². The van der Waals surface area contributed by atoms with Crippen molar-refractivity contribution in [2.24, 2.45) is 0 Å². The van der Waals surface area contributed by atoms with Gasteiger partial charge in [0, 0.05) is 33.3 Å². The molecule has 1 fully saturated rings. The second kappa shape index (κ2) is 6.74. The second-order valence-electron chi connectivity index (χ2n) is 5.85. The third-order valence-corrected chi connectivity index (χ3v) is 3.89. The van der Waals surface area contributed by atoms with Gasteiger partial charge in [-0.15, -0.1) is 0 Å². The summed E-state index contributed by atoms with van der Waals surface area (Å²) in [5, 5.41) is 0. The van der Waals surface area contributed by atoms with Crippen LogP contribution in [-0.2, 0) is 0 Å². The van der Waals surface area contributed by atoms with Gasteiger partial charge in [0.2, 0.25) is 5.88 Å². The minimum absolute atomic E-state index is 0.0829. The number of rotatable bonds is 4. The molecule has 2 aromatic rings. The first kappa shape index (κ1) is 16.0. The molecule has 3 rings (SSSR count). The van der Waals surface area contributed by atoms with Crippen LogP contribution in [0.4, 0.5) is 0 Å². The predicted molar refractivity (Wildman–Crippen MR) is 85.9 cm³/mol. The molecule has 7 heteroatoms. The molecule has 2 aromatic heterocycles. The summed E-state index contributed by atoms with van der Waals surface area (Å²) in [7, 11) is 3.36. The summed E-state index contributed by atoms with van der Waals surface area (Å²) in [6, 6.07) is 5.03. The highest BCUT2D eigenvalue weighted by Gasteiger charge is 2.30. The van der Waals surface area contributed by atoms with E-state index < -0.39 is 0 Å². The zero-order valence-electron chi connectivity index (χ0n) is 13.6. The standard InChI is InChI=1S/C17H19N3O4/c1-19(2)17(22)14-4-3-7-18-15(14)24-13-5-8-20(10-13)16(21)12-6-9-23-11-12/h3-4,6-7,9,11,13H,5,8,10H2,1-2H3. The zero-order valence-corrected chi connectivity index (χ0v) is 13.6. The van der Waals surface area contributed by atoms with E-state index in [1.54, 1.807) is 43.4 Å². The highest BCUT2D eigenvalue weighted by Crippen LogP contribution is 2.22. The van der Waals surface area contributed by atoms with Gasteiger partial charge in [-0.25, -0.2) is 4.98 Å². The summed E-state index contributed by atoms with van der Waals surface area (Å²) in [5.74, 6) is 0.0571. The van der Waals surface area contributed by atoms with Crippen LogP contribution in [0.15, 0.2) is 41.3 Å². The van der Waals surface area contributed by atoms with Crippen LogP contribution < -0.4 is 4.74 Å². The molecule has 1 saturated heterocycles. The number of aromatic nitrogens is 1. The molecule has 1 atom stereocenters. The molecule has 0 aromatic carbocycles. The van der Waals surface area contributed by atoms with Gasteiger partial charge in [0.25, 0.3) is 11.8 Å². The molecular weight excluding hydrogens is 310 g/mol. The smallest absolute Gasteiger partial charge is 0.258 e. The van der Waals surface area contributed by atoms with Gasteiger partial charge in [0.1, 0.15) is 17.9 Å². The van der Waals surface area contributed by atoms with E-state index in [1.807, 2.05) is 0 Å². The number of amides is 2. The Morgan fingerprint density at radius 3 is 2.92 bits per heavy atom. The Morgan fingerprint density at radius 1 is 1.38 bits per heavy atom. The van der Waals surface area contributed by atoms with Gasteiger partial charge < -0.3 is 19.0 Å². The van der Waals surface area contributed by atoms with E-state index in [0.29, 0.717) is 36.5 Å². The average Bonchev–Trinajstić information content (AvgIpc) is 3.26. The Bertz CT molecular complexity index is 727. The van der Waals surface area contributed by atoms with Crippen LogP contribution in [0.3, 0.4) is 0 Å². The number of carbonyl (C=O) groups excluding carboxylic acids is 2. The summed E-state index contributed by atoms with van der Waals surface area (Å²) in [4.78, 5) is 31.9. The Balaban J connectivity index is 1.68. The highest BCUT2D eigenvalue weighted by atomic mass is 16.5. The molecule has 1 aliphatic heterocycles. The maximum atomic E-state index is 12.3. The summed E-state index contributed by atoms with van der Waals surface area (Å²) in [6.45, 7) is 1.05. The molecule has 1 aliphatic rings. The van der Waals surface area contributed by atoms with Gasteiger partial charge in [-0.05, 0) is 18.2 Å². The number of nitrogens with zero attached hydrogens (tertiary/aromatic N) is 3. The Morgan fingerprint density at radius 2 is 2.21 bits per heavy atom. The molecule has 126 valence electrons. The molecule has 24 heavy (non-hydrogen) atoms. The summed E-state index contributed by atoms with van der Waals surface area (Å²) >= 11 is 0. The molecule has 2 amide bonds. The molecule has 0 N–H and O–H groups in total. The van der Waals surface area contributed by atoms with Crippen LogP contribution in [0, 0.1) is 0 Å². The van der Waals surface area contributed by atoms with E-state index in [4.69, 9.17) is 9.15 Å². The maximum Gasteiger partial charge on any atom is 0.258 e. The third-order valence-electron chi connectivity index (χ3n) is 3.89. The fourth-order valence-corrected chi connectivity index (χ4v) is 2.62. The van der Waals surface area contributed by atoms with Crippen LogP contribution in [0.5, 0.6) is 5.88 Å². The lowest BCUT2D eigenvalue weighted by Gasteiger charge is -2.18. The fourth-order valence-electron chi connectivity index (χ4n) is 2.62. The summed E-state index contributed by atoms with van der Waals surface area (Å²) in [5.41, 5.74) is 0.944. The zero-order chi connectivity index (χ0) is 17.1. The van der Waals surface area contributed by atoms with Crippen molar-refractivity contribution in [3.8, 4) is 5.88 Å². The average molecular weight is 329 g/mol. The number of likely N-dealkylation sites (tertiary alicyclic amines) is 1. The number of carbonyl (C=O) groups is 2. The monoisotopic (exact) mass is 329 g/mol. The first-order chi connectivity index (χ1) is 11.6. The van der Waals surface area contributed by atoms with Gasteiger partial charge >= 0.3 is 0 Å². The van der Waals surface area contributed by atoms with Crippen LogP contribution in [0.2, 0.25) is 0 Å². The van der Waals surface area contributed by atoms with E-state index >= 15 is 0 Å². The Labute approximate surface area is 139 Å². The minimum Gasteiger partial charge on any atom is -0.472 e. The quantitative estimate of drug-likeness (QED) is 0.853. The molecule has 0 bridgehead atoms. The largest absolute Gasteiger partial charge is 0.472 e. The number of ether oxygens (including phenoxy) is 1. The molecule has 1 unspecified atom stereocenters. The van der Waals surface area contributed by atoms with E-state index in [-0.39, 0.29) is 17.9 Å². The van der Waals surface area contributed by atoms with Crippen molar-refractivity contribution in [1.82, 2.24) is 14.8 Å². The van der Waals surface area contributed by atoms with Crippen molar-refractivity contribution < 1.29 is 18.7 Å². The normalized spacial score (nSPS) is 16.9. The van der Waals surface area contributed by atoms with Crippen LogP contribution in [0.25, 0.3) is 0 Å². The highest BCUT2D eigenvalue weighted by molar-refractivity contribution is 5.96. The van der Waals surface area contributed by atoms with Crippen LogP contribution in [0.1, 0.15) is 27.1 Å². The number of pyridine rings is 1. The fraction of sp³-hybridized carbons (Fsp3) is 0.353. The third kappa shape index (κ3) is 3.24. The van der Waals surface area contributed by atoms with E-state index in [0.717, 1.165) is 0 Å². The van der Waals surface area contributed by atoms with E-state index in [9.17, 15) is 9.59 Å². The van der Waals surface area contributed by atoms with Crippen molar-refractivity contribution in [3.63, 3.8) is 0 Å². The van der Waals surface area contributed by atoms with Crippen molar-refractivity contribution in [2.45, 2.75) is 12.5 Å². The van der Waals surface area contributed by atoms with E-state index in [2.05, 4.69) is 4.98 Å². The lowest BCUT2D eigenvalue weighted by Crippen LogP contribution is -2.31. The molecule has 0 saturated carbocycles. The van der Waals surface area contributed by atoms with Gasteiger partial charge in [0.05, 0.1) is 18.4 Å². The topological polar surface area (TPSA) is 75.9 Å².